The van der Waals surface area contributed by atoms with Gasteiger partial charge in [-0.1, -0.05) is 61.5 Å². The van der Waals surface area contributed by atoms with Gasteiger partial charge in [-0.15, -0.1) is 0 Å². The van der Waals surface area contributed by atoms with Crippen molar-refractivity contribution in [1.82, 2.24) is 5.32 Å². The Morgan fingerprint density at radius 1 is 1.12 bits per heavy atom. The van der Waals surface area contributed by atoms with Crippen molar-refractivity contribution in [2.45, 2.75) is 69.9 Å². The summed E-state index contributed by atoms with van der Waals surface area (Å²) >= 11 is 1.29. The monoisotopic (exact) mass is 587 g/mol. The van der Waals surface area contributed by atoms with Crippen molar-refractivity contribution in [2.24, 2.45) is 4.99 Å². The molecule has 4 rings (SSSR count). The normalized spacial score (nSPS) is 21.6. The highest BCUT2D eigenvalue weighted by atomic mass is 32.2. The fourth-order valence-corrected chi connectivity index (χ4v) is 8.52. The van der Waals surface area contributed by atoms with E-state index < -0.39 is 33.5 Å². The van der Waals surface area contributed by atoms with Crippen molar-refractivity contribution in [3.8, 4) is 5.75 Å². The molecule has 2 amide bonds. The molecule has 216 valence electrons. The SMILES string of the molecule is CCCCOc1cccc(N2C(=NC(=O)[C@H](Cc3ccccc3)NC(=O)OC(C)(C)C)S[C@H]3CS(=O)(=O)C[C@@H]32)c1. The number of hydrogen-bond acceptors (Lipinski definition) is 7. The minimum atomic E-state index is -3.22. The van der Waals surface area contributed by atoms with E-state index in [1.54, 1.807) is 20.8 Å². The number of rotatable bonds is 9. The van der Waals surface area contributed by atoms with Crippen molar-refractivity contribution >= 4 is 44.5 Å². The Bertz CT molecular complexity index is 1340. The van der Waals surface area contributed by atoms with E-state index in [-0.39, 0.29) is 29.2 Å². The molecule has 2 aromatic carbocycles. The number of fused-ring (bicyclic) bond motifs is 1. The summed E-state index contributed by atoms with van der Waals surface area (Å²) in [6.45, 7) is 7.92. The molecule has 2 fully saturated rings. The molecule has 2 heterocycles. The number of thioether (sulfide) groups is 1. The largest absolute Gasteiger partial charge is 0.494 e. The molecule has 2 aliphatic rings. The van der Waals surface area contributed by atoms with E-state index in [1.807, 2.05) is 59.5 Å². The van der Waals surface area contributed by atoms with Gasteiger partial charge in [0.1, 0.15) is 17.4 Å². The number of unbranched alkanes of at least 4 members (excludes halogenated alkanes) is 1. The lowest BCUT2D eigenvalue weighted by Crippen LogP contribution is -2.45. The molecule has 2 aromatic rings. The van der Waals surface area contributed by atoms with E-state index in [4.69, 9.17) is 9.47 Å². The number of benzene rings is 2. The molecule has 2 saturated heterocycles. The van der Waals surface area contributed by atoms with Crippen LogP contribution in [0.4, 0.5) is 10.5 Å². The molecule has 0 saturated carbocycles. The van der Waals surface area contributed by atoms with Gasteiger partial charge in [-0.3, -0.25) is 4.79 Å². The third kappa shape index (κ3) is 8.00. The Morgan fingerprint density at radius 3 is 2.58 bits per heavy atom. The maximum absolute atomic E-state index is 13.6. The van der Waals surface area contributed by atoms with Crippen LogP contribution < -0.4 is 15.0 Å². The molecule has 2 aliphatic heterocycles. The molecule has 11 heteroatoms. The van der Waals surface area contributed by atoms with Gasteiger partial charge in [0.05, 0.1) is 24.2 Å². The third-order valence-corrected chi connectivity index (χ3v) is 9.62. The molecule has 0 unspecified atom stereocenters. The molecule has 9 nitrogen and oxygen atoms in total. The van der Waals surface area contributed by atoms with Crippen molar-refractivity contribution < 1.29 is 27.5 Å². The smallest absolute Gasteiger partial charge is 0.408 e. The quantitative estimate of drug-likeness (QED) is 0.424. The van der Waals surface area contributed by atoms with E-state index in [0.29, 0.717) is 23.2 Å². The average Bonchev–Trinajstić information content (AvgIpc) is 3.34. The summed E-state index contributed by atoms with van der Waals surface area (Å²) in [6, 6.07) is 15.4. The van der Waals surface area contributed by atoms with Gasteiger partial charge in [0.25, 0.3) is 5.91 Å². The number of carbonyl (C=O) groups excluding carboxylic acids is 2. The summed E-state index contributed by atoms with van der Waals surface area (Å²) in [6.07, 6.45) is 1.44. The second kappa shape index (κ2) is 12.6. The van der Waals surface area contributed by atoms with Crippen LogP contribution in [0.1, 0.15) is 46.1 Å². The Kier molecular flexibility index (Phi) is 9.45. The Hall–Kier alpha value is -3.05. The molecule has 0 spiro atoms. The second-order valence-corrected chi connectivity index (χ2v) is 14.4. The number of alkyl carbamates (subject to hydrolysis) is 1. The van der Waals surface area contributed by atoms with E-state index in [1.165, 1.54) is 11.8 Å². The standard InChI is InChI=1S/C29H37N3O6S2/c1-5-6-15-37-22-14-10-13-21(17-22)32-24-18-40(35,36)19-25(24)39-27(32)31-26(33)23(16-20-11-8-7-9-12-20)30-28(34)38-29(2,3)4/h7-14,17,23-25H,5-6,15-16,18-19H2,1-4H3,(H,30,34)/t23-,24-,25-/m0/s1. The summed E-state index contributed by atoms with van der Waals surface area (Å²) in [7, 11) is -3.22. The van der Waals surface area contributed by atoms with Gasteiger partial charge in [0.2, 0.25) is 0 Å². The van der Waals surface area contributed by atoms with Crippen molar-refractivity contribution in [3.63, 3.8) is 0 Å². The third-order valence-electron chi connectivity index (χ3n) is 6.41. The van der Waals surface area contributed by atoms with Crippen LogP contribution in [0.25, 0.3) is 0 Å². The zero-order chi connectivity index (χ0) is 28.9. The number of nitrogens with zero attached hydrogens (tertiary/aromatic N) is 2. The number of aliphatic imine (C=N–C) groups is 1. The van der Waals surface area contributed by atoms with E-state index in [2.05, 4.69) is 17.2 Å². The van der Waals surface area contributed by atoms with Crippen LogP contribution in [0.2, 0.25) is 0 Å². The van der Waals surface area contributed by atoms with Crippen LogP contribution in [-0.2, 0) is 25.8 Å². The van der Waals surface area contributed by atoms with Crippen LogP contribution in [0.5, 0.6) is 5.75 Å². The molecule has 0 aliphatic carbocycles. The van der Waals surface area contributed by atoms with Gasteiger partial charge in [-0.05, 0) is 44.9 Å². The van der Waals surface area contributed by atoms with E-state index in [9.17, 15) is 18.0 Å². The number of anilines is 1. The zero-order valence-electron chi connectivity index (χ0n) is 23.3. The number of amides is 2. The molecule has 0 radical (unpaired) electrons. The number of sulfone groups is 1. The van der Waals surface area contributed by atoms with Crippen LogP contribution in [0, 0.1) is 0 Å². The topological polar surface area (TPSA) is 114 Å². The second-order valence-electron chi connectivity index (χ2n) is 11.0. The molecular formula is C29H37N3O6S2. The van der Waals surface area contributed by atoms with Crippen molar-refractivity contribution in [3.05, 3.63) is 60.2 Å². The molecule has 40 heavy (non-hydrogen) atoms. The summed E-state index contributed by atoms with van der Waals surface area (Å²) in [5, 5.41) is 2.84. The molecular weight excluding hydrogens is 550 g/mol. The van der Waals surface area contributed by atoms with Crippen LogP contribution in [0.3, 0.4) is 0 Å². The average molecular weight is 588 g/mol. The van der Waals surface area contributed by atoms with Gasteiger partial charge in [-0.25, -0.2) is 13.2 Å². The highest BCUT2D eigenvalue weighted by Gasteiger charge is 2.49. The van der Waals surface area contributed by atoms with E-state index in [0.717, 1.165) is 18.4 Å². The first kappa shape index (κ1) is 29.9. The van der Waals surface area contributed by atoms with Crippen molar-refractivity contribution in [1.29, 1.82) is 0 Å². The van der Waals surface area contributed by atoms with Crippen LogP contribution >= 0.6 is 11.8 Å². The van der Waals surface area contributed by atoms with Crippen molar-refractivity contribution in [2.75, 3.05) is 23.0 Å². The summed E-state index contributed by atoms with van der Waals surface area (Å²) < 4.78 is 36.3. The fraction of sp³-hybridized carbons (Fsp3) is 0.483. The maximum Gasteiger partial charge on any atom is 0.408 e. The van der Waals surface area contributed by atoms with Crippen LogP contribution in [-0.4, -0.2) is 66.6 Å². The van der Waals surface area contributed by atoms with Gasteiger partial charge in [0, 0.05) is 23.4 Å². The van der Waals surface area contributed by atoms with Gasteiger partial charge >= 0.3 is 6.09 Å². The molecule has 3 atom stereocenters. The Balaban J connectivity index is 1.64. The van der Waals surface area contributed by atoms with Gasteiger partial charge in [0.15, 0.2) is 15.0 Å². The Labute approximate surface area is 240 Å². The predicted octanol–water partition coefficient (Wildman–Crippen LogP) is 4.60. The number of nitrogens with one attached hydrogen (secondary N) is 1. The van der Waals surface area contributed by atoms with Gasteiger partial charge in [-0.2, -0.15) is 4.99 Å². The summed E-state index contributed by atoms with van der Waals surface area (Å²) in [5.41, 5.74) is 0.826. The highest BCUT2D eigenvalue weighted by molar-refractivity contribution is 8.16. The molecule has 0 bridgehead atoms. The zero-order valence-corrected chi connectivity index (χ0v) is 25.0. The van der Waals surface area contributed by atoms with E-state index >= 15 is 0 Å². The van der Waals surface area contributed by atoms with Crippen LogP contribution in [0.15, 0.2) is 59.6 Å². The Morgan fingerprint density at radius 2 is 1.88 bits per heavy atom. The van der Waals surface area contributed by atoms with Gasteiger partial charge < -0.3 is 19.7 Å². The molecule has 1 N–H and O–H groups in total. The summed E-state index contributed by atoms with van der Waals surface area (Å²) in [4.78, 5) is 32.6. The number of ether oxygens (including phenoxy) is 2. The lowest BCUT2D eigenvalue weighted by Gasteiger charge is -2.26. The minimum Gasteiger partial charge on any atom is -0.494 e. The highest BCUT2D eigenvalue weighted by Crippen LogP contribution is 2.41. The lowest BCUT2D eigenvalue weighted by molar-refractivity contribution is -0.119. The number of amidine groups is 1. The first-order valence-corrected chi connectivity index (χ1v) is 16.2. The fourth-order valence-electron chi connectivity index (χ4n) is 4.60. The predicted molar refractivity (Wildman–Crippen MR) is 159 cm³/mol. The lowest BCUT2D eigenvalue weighted by atomic mass is 10.1. The summed E-state index contributed by atoms with van der Waals surface area (Å²) in [5.74, 6) is 0.116. The molecule has 0 aromatic heterocycles. The maximum atomic E-state index is 13.6. The number of carbonyl (C=O) groups is 2. The minimum absolute atomic E-state index is 0.0162. The first-order valence-electron chi connectivity index (χ1n) is 13.5. The first-order chi connectivity index (χ1) is 18.9. The number of hydrogen-bond donors (Lipinski definition) is 1.